The lowest BCUT2D eigenvalue weighted by Crippen LogP contribution is -2.60. The summed E-state index contributed by atoms with van der Waals surface area (Å²) in [6.45, 7) is 5.63. The van der Waals surface area contributed by atoms with Crippen molar-refractivity contribution in [2.45, 2.75) is 51.9 Å². The molecular formula is C26H25N3O7. The number of fused-ring (bicyclic) bond motifs is 6. The van der Waals surface area contributed by atoms with Crippen molar-refractivity contribution in [3.63, 3.8) is 0 Å². The number of aromatic nitrogens is 2. The van der Waals surface area contributed by atoms with Gasteiger partial charge in [0.2, 0.25) is 6.79 Å². The van der Waals surface area contributed by atoms with Crippen molar-refractivity contribution in [2.24, 2.45) is 5.92 Å². The van der Waals surface area contributed by atoms with Gasteiger partial charge in [-0.05, 0) is 36.1 Å². The highest BCUT2D eigenvalue weighted by Crippen LogP contribution is 2.41. The maximum atomic E-state index is 13.7. The third-order valence-corrected chi connectivity index (χ3v) is 7.38. The van der Waals surface area contributed by atoms with Gasteiger partial charge in [-0.15, -0.1) is 0 Å². The number of rotatable bonds is 5. The van der Waals surface area contributed by atoms with Crippen molar-refractivity contribution in [3.05, 3.63) is 51.3 Å². The first-order chi connectivity index (χ1) is 17.2. The molecule has 36 heavy (non-hydrogen) atoms. The summed E-state index contributed by atoms with van der Waals surface area (Å²) in [5.41, 5.74) is 1.84. The average molecular weight is 492 g/mol. The highest BCUT2D eigenvalue weighted by Gasteiger charge is 2.49. The molecule has 0 unspecified atom stereocenters. The second kappa shape index (κ2) is 7.79. The van der Waals surface area contributed by atoms with Crippen LogP contribution in [0.25, 0.3) is 22.3 Å². The molecule has 2 N–H and O–H groups in total. The molecule has 10 nitrogen and oxygen atoms in total. The van der Waals surface area contributed by atoms with E-state index in [0.29, 0.717) is 46.1 Å². The van der Waals surface area contributed by atoms with Gasteiger partial charge in [-0.1, -0.05) is 20.8 Å². The summed E-state index contributed by atoms with van der Waals surface area (Å²) in [5.74, 6) is -0.707. The minimum Gasteiger partial charge on any atom is -0.480 e. The van der Waals surface area contributed by atoms with E-state index in [1.54, 1.807) is 31.4 Å². The number of carbonyl (C=O) groups is 2. The lowest BCUT2D eigenvalue weighted by Gasteiger charge is -2.39. The summed E-state index contributed by atoms with van der Waals surface area (Å²) in [6.07, 6.45) is 0.208. The number of carboxylic acids is 1. The van der Waals surface area contributed by atoms with Crippen LogP contribution in [0.5, 0.6) is 11.5 Å². The van der Waals surface area contributed by atoms with Crippen LogP contribution in [0.3, 0.4) is 0 Å². The lowest BCUT2D eigenvalue weighted by atomic mass is 9.81. The molecule has 3 aliphatic heterocycles. The third-order valence-electron chi connectivity index (χ3n) is 7.38. The van der Waals surface area contributed by atoms with Gasteiger partial charge in [-0.25, -0.2) is 9.78 Å². The summed E-state index contributed by atoms with van der Waals surface area (Å²) >= 11 is 0. The van der Waals surface area contributed by atoms with Crippen LogP contribution >= 0.6 is 0 Å². The fraction of sp³-hybridized carbons (Fsp3) is 0.385. The molecule has 1 aromatic carbocycles. The predicted molar refractivity (Wildman–Crippen MR) is 128 cm³/mol. The van der Waals surface area contributed by atoms with E-state index in [0.717, 1.165) is 10.9 Å². The highest BCUT2D eigenvalue weighted by atomic mass is 16.7. The molecule has 3 aliphatic rings. The topological polar surface area (TPSA) is 129 Å². The maximum absolute atomic E-state index is 13.7. The first-order valence-electron chi connectivity index (χ1n) is 11.9. The Morgan fingerprint density at radius 1 is 1.17 bits per heavy atom. The van der Waals surface area contributed by atoms with E-state index in [2.05, 4.69) is 5.32 Å². The van der Waals surface area contributed by atoms with Crippen molar-refractivity contribution < 1.29 is 28.9 Å². The van der Waals surface area contributed by atoms with Crippen molar-refractivity contribution in [3.8, 4) is 22.9 Å². The van der Waals surface area contributed by atoms with Crippen LogP contribution in [0.1, 0.15) is 43.9 Å². The van der Waals surface area contributed by atoms with Crippen molar-refractivity contribution in [2.75, 3.05) is 6.79 Å². The van der Waals surface area contributed by atoms with E-state index >= 15 is 0 Å². The minimum absolute atomic E-state index is 0.158. The van der Waals surface area contributed by atoms with Gasteiger partial charge >= 0.3 is 11.9 Å². The first kappa shape index (κ1) is 22.5. The van der Waals surface area contributed by atoms with Crippen LogP contribution in [-0.2, 0) is 33.0 Å². The number of aliphatic carboxylic acids is 1. The second-order valence-electron chi connectivity index (χ2n) is 9.75. The Morgan fingerprint density at radius 3 is 2.61 bits per heavy atom. The minimum atomic E-state index is -1.47. The molecule has 0 bridgehead atoms. The number of pyridine rings is 2. The van der Waals surface area contributed by atoms with E-state index in [1.165, 1.54) is 0 Å². The SMILES string of the molecule is CC[C@@]1(N[C@H](C(=O)O)C(C)C)C(=O)OCc2c1cc1n(c2=O)Cc2cc3cc4c(cc3nc2-1)OCO4. The number of carboxylic acid groups (broad SMARTS) is 1. The molecule has 0 fully saturated rings. The van der Waals surface area contributed by atoms with Crippen molar-refractivity contribution in [1.82, 2.24) is 14.9 Å². The molecule has 186 valence electrons. The number of esters is 1. The molecule has 0 spiro atoms. The van der Waals surface area contributed by atoms with E-state index < -0.39 is 23.5 Å². The van der Waals surface area contributed by atoms with Crippen molar-refractivity contribution in [1.29, 1.82) is 0 Å². The zero-order valence-corrected chi connectivity index (χ0v) is 20.1. The smallest absolute Gasteiger partial charge is 0.331 e. The maximum Gasteiger partial charge on any atom is 0.331 e. The number of hydrogen-bond donors (Lipinski definition) is 2. The van der Waals surface area contributed by atoms with E-state index in [1.807, 2.05) is 18.2 Å². The van der Waals surface area contributed by atoms with E-state index in [9.17, 15) is 19.5 Å². The molecule has 2 aromatic heterocycles. The van der Waals surface area contributed by atoms with Gasteiger partial charge in [0.15, 0.2) is 11.5 Å². The fourth-order valence-corrected chi connectivity index (χ4v) is 5.41. The van der Waals surface area contributed by atoms with Gasteiger partial charge in [0, 0.05) is 17.0 Å². The molecule has 0 aliphatic carbocycles. The van der Waals surface area contributed by atoms with E-state index in [-0.39, 0.29) is 31.3 Å². The van der Waals surface area contributed by atoms with Gasteiger partial charge < -0.3 is 23.9 Å². The Morgan fingerprint density at radius 2 is 1.92 bits per heavy atom. The Hall–Kier alpha value is -3.92. The summed E-state index contributed by atoms with van der Waals surface area (Å²) in [5, 5.41) is 13.7. The Labute approximate surface area is 205 Å². The molecule has 6 rings (SSSR count). The Balaban J connectivity index is 1.54. The number of benzene rings is 1. The van der Waals surface area contributed by atoms with Crippen LogP contribution in [-0.4, -0.2) is 39.4 Å². The third kappa shape index (κ3) is 3.07. The molecule has 0 saturated heterocycles. The molecule has 0 amide bonds. The summed E-state index contributed by atoms with van der Waals surface area (Å²) < 4.78 is 18.1. The van der Waals surface area contributed by atoms with Crippen LogP contribution in [0.15, 0.2) is 29.1 Å². The molecule has 0 saturated carbocycles. The Bertz CT molecular complexity index is 1530. The van der Waals surface area contributed by atoms with Crippen LogP contribution in [0.2, 0.25) is 0 Å². The van der Waals surface area contributed by atoms with Crippen LogP contribution in [0, 0.1) is 5.92 Å². The highest BCUT2D eigenvalue weighted by molar-refractivity contribution is 5.89. The van der Waals surface area contributed by atoms with Crippen LogP contribution < -0.4 is 20.3 Å². The Kier molecular flexibility index (Phi) is 4.88. The second-order valence-corrected chi connectivity index (χ2v) is 9.75. The first-order valence-corrected chi connectivity index (χ1v) is 11.9. The van der Waals surface area contributed by atoms with Crippen molar-refractivity contribution >= 4 is 22.8 Å². The normalized spacial score (nSPS) is 20.2. The molecule has 0 radical (unpaired) electrons. The number of nitrogens with zero attached hydrogens (tertiary/aromatic N) is 2. The number of nitrogens with one attached hydrogen (secondary N) is 1. The standard InChI is InChI=1S/C26H25N3O7/c1-4-26(28-21(12(2)3)24(31)32)16-7-18-22-14(9-29(18)23(30)15(16)10-34-25(26)33)5-13-6-19-20(36-11-35-19)8-17(13)27-22/h5-8,12,21,28H,4,9-11H2,1-3H3,(H,31,32)/t21-,26-/m0/s1. The van der Waals surface area contributed by atoms with Gasteiger partial charge in [0.25, 0.3) is 5.56 Å². The van der Waals surface area contributed by atoms with Gasteiger partial charge in [0.05, 0.1) is 29.0 Å². The molecule has 5 heterocycles. The zero-order chi connectivity index (χ0) is 25.4. The zero-order valence-electron chi connectivity index (χ0n) is 20.1. The monoisotopic (exact) mass is 491 g/mol. The average Bonchev–Trinajstić information content (AvgIpc) is 3.44. The number of carbonyl (C=O) groups excluding carboxylic acids is 1. The summed E-state index contributed by atoms with van der Waals surface area (Å²) in [7, 11) is 0. The predicted octanol–water partition coefficient (Wildman–Crippen LogP) is 2.51. The quantitative estimate of drug-likeness (QED) is 0.405. The lowest BCUT2D eigenvalue weighted by molar-refractivity contribution is -0.158. The van der Waals surface area contributed by atoms with Gasteiger partial charge in [-0.3, -0.25) is 14.9 Å². The number of hydrogen-bond acceptors (Lipinski definition) is 8. The summed E-state index contributed by atoms with van der Waals surface area (Å²) in [6, 6.07) is 6.45. The molecular weight excluding hydrogens is 466 g/mol. The number of ether oxygens (including phenoxy) is 3. The molecule has 3 aromatic rings. The number of cyclic esters (lactones) is 1. The molecule has 2 atom stereocenters. The fourth-order valence-electron chi connectivity index (χ4n) is 5.41. The summed E-state index contributed by atoms with van der Waals surface area (Å²) in [4.78, 5) is 43.7. The van der Waals surface area contributed by atoms with Gasteiger partial charge in [0.1, 0.15) is 18.2 Å². The largest absolute Gasteiger partial charge is 0.480 e. The molecule has 10 heteroatoms. The van der Waals surface area contributed by atoms with Gasteiger partial charge in [-0.2, -0.15) is 0 Å². The van der Waals surface area contributed by atoms with E-state index in [4.69, 9.17) is 19.2 Å². The van der Waals surface area contributed by atoms with Crippen LogP contribution in [0.4, 0.5) is 0 Å².